The number of nitrogens with two attached hydrogens (primary N) is 1. The largest absolute Gasteiger partial charge is 0.358 e. The number of benzene rings is 2. The van der Waals surface area contributed by atoms with E-state index < -0.39 is 29.4 Å². The van der Waals surface area contributed by atoms with Gasteiger partial charge in [-0.2, -0.15) is 4.99 Å². The fourth-order valence-electron chi connectivity index (χ4n) is 3.74. The number of aromatic amines is 1. The number of rotatable bonds is 3. The minimum absolute atomic E-state index is 0.166. The number of ketones is 1. The Balaban J connectivity index is 1.51. The Bertz CT molecular complexity index is 1230. The SMILES string of the molecule is NC(=O)N=C(c1ccccc1)N1CCN(C(=O)C(=O)c2c[nH]c3c(F)ccc(F)c23)CC1. The molecule has 2 aromatic carbocycles. The summed E-state index contributed by atoms with van der Waals surface area (Å²) in [5, 5.41) is -0.248. The number of aromatic nitrogens is 1. The molecule has 3 amide bonds. The lowest BCUT2D eigenvalue weighted by Crippen LogP contribution is -2.52. The summed E-state index contributed by atoms with van der Waals surface area (Å²) >= 11 is 0. The van der Waals surface area contributed by atoms with Gasteiger partial charge in [0.2, 0.25) is 0 Å². The van der Waals surface area contributed by atoms with Gasteiger partial charge in [-0.1, -0.05) is 30.3 Å². The Hall–Kier alpha value is -4.08. The van der Waals surface area contributed by atoms with E-state index in [-0.39, 0.29) is 29.6 Å². The number of hydrogen-bond donors (Lipinski definition) is 2. The zero-order valence-electron chi connectivity index (χ0n) is 16.8. The summed E-state index contributed by atoms with van der Waals surface area (Å²) in [6.07, 6.45) is 1.14. The van der Waals surface area contributed by atoms with Crippen molar-refractivity contribution in [2.75, 3.05) is 26.2 Å². The molecule has 0 bridgehead atoms. The molecule has 4 rings (SSSR count). The van der Waals surface area contributed by atoms with Crippen LogP contribution in [-0.2, 0) is 4.79 Å². The number of halogens is 2. The molecule has 3 aromatic rings. The summed E-state index contributed by atoms with van der Waals surface area (Å²) in [4.78, 5) is 46.5. The van der Waals surface area contributed by atoms with Gasteiger partial charge < -0.3 is 20.5 Å². The van der Waals surface area contributed by atoms with E-state index in [2.05, 4.69) is 9.98 Å². The lowest BCUT2D eigenvalue weighted by molar-refractivity contribution is -0.127. The summed E-state index contributed by atoms with van der Waals surface area (Å²) in [7, 11) is 0. The quantitative estimate of drug-likeness (QED) is 0.282. The molecule has 0 spiro atoms. The third kappa shape index (κ3) is 3.94. The van der Waals surface area contributed by atoms with Crippen LogP contribution in [0.3, 0.4) is 0 Å². The van der Waals surface area contributed by atoms with Gasteiger partial charge in [0.25, 0.3) is 11.7 Å². The van der Waals surface area contributed by atoms with Crippen LogP contribution in [0.1, 0.15) is 15.9 Å². The van der Waals surface area contributed by atoms with Crippen LogP contribution in [0.4, 0.5) is 13.6 Å². The number of amidine groups is 1. The number of urea groups is 1. The van der Waals surface area contributed by atoms with Crippen LogP contribution < -0.4 is 5.73 Å². The van der Waals surface area contributed by atoms with Crippen LogP contribution in [0.2, 0.25) is 0 Å². The number of primary amides is 1. The van der Waals surface area contributed by atoms with Crippen LogP contribution in [0.5, 0.6) is 0 Å². The fourth-order valence-corrected chi connectivity index (χ4v) is 3.74. The number of Topliss-reactive ketones (excluding diaryl/α,β-unsaturated/α-hetero) is 1. The molecule has 8 nitrogen and oxygen atoms in total. The molecule has 32 heavy (non-hydrogen) atoms. The summed E-state index contributed by atoms with van der Waals surface area (Å²) in [5.74, 6) is -2.88. The molecule has 2 heterocycles. The van der Waals surface area contributed by atoms with E-state index in [4.69, 9.17) is 5.73 Å². The number of aliphatic imine (C=N–C) groups is 1. The molecule has 0 saturated carbocycles. The van der Waals surface area contributed by atoms with E-state index in [1.807, 2.05) is 6.07 Å². The Morgan fingerprint density at radius 1 is 0.906 bits per heavy atom. The average molecular weight is 439 g/mol. The zero-order valence-corrected chi connectivity index (χ0v) is 16.8. The second kappa shape index (κ2) is 8.58. The summed E-state index contributed by atoms with van der Waals surface area (Å²) < 4.78 is 28.1. The Labute approximate surface area is 181 Å². The highest BCUT2D eigenvalue weighted by atomic mass is 19.1. The number of H-pyrrole nitrogens is 1. The van der Waals surface area contributed by atoms with E-state index >= 15 is 0 Å². The van der Waals surface area contributed by atoms with Crippen molar-refractivity contribution in [2.45, 2.75) is 0 Å². The summed E-state index contributed by atoms with van der Waals surface area (Å²) in [6.45, 7) is 0.955. The standard InChI is InChI=1S/C22H19F2N5O3/c23-15-6-7-16(24)18-17(15)14(12-26-18)19(30)21(31)29-10-8-28(9-11-29)20(27-22(25)32)13-4-2-1-3-5-13/h1-7,12,26H,8-11H2,(H2,25,32). The highest BCUT2D eigenvalue weighted by Crippen LogP contribution is 2.25. The number of amides is 3. The second-order valence-electron chi connectivity index (χ2n) is 7.23. The molecular formula is C22H19F2N5O3. The molecule has 164 valence electrons. The van der Waals surface area contributed by atoms with Crippen molar-refractivity contribution < 1.29 is 23.2 Å². The maximum Gasteiger partial charge on any atom is 0.340 e. The number of piperazine rings is 1. The molecule has 10 heteroatoms. The van der Waals surface area contributed by atoms with Gasteiger partial charge in [0.1, 0.15) is 17.5 Å². The lowest BCUT2D eigenvalue weighted by atomic mass is 10.1. The van der Waals surface area contributed by atoms with E-state index in [1.54, 1.807) is 29.2 Å². The molecule has 3 N–H and O–H groups in total. The highest BCUT2D eigenvalue weighted by molar-refractivity contribution is 6.44. The molecule has 0 aliphatic carbocycles. The molecule has 1 saturated heterocycles. The highest BCUT2D eigenvalue weighted by Gasteiger charge is 2.30. The van der Waals surface area contributed by atoms with Crippen molar-refractivity contribution in [3.8, 4) is 0 Å². The fraction of sp³-hybridized carbons (Fsp3) is 0.182. The topological polar surface area (TPSA) is 112 Å². The van der Waals surface area contributed by atoms with Gasteiger partial charge in [0.15, 0.2) is 0 Å². The van der Waals surface area contributed by atoms with Gasteiger partial charge >= 0.3 is 6.03 Å². The molecule has 1 aromatic heterocycles. The Kier molecular flexibility index (Phi) is 5.67. The number of carbonyl (C=O) groups excluding carboxylic acids is 3. The predicted molar refractivity (Wildman–Crippen MR) is 113 cm³/mol. The van der Waals surface area contributed by atoms with Crippen molar-refractivity contribution in [3.05, 3.63) is 71.4 Å². The smallest absolute Gasteiger partial charge is 0.340 e. The van der Waals surface area contributed by atoms with Crippen molar-refractivity contribution >= 4 is 34.5 Å². The minimum Gasteiger partial charge on any atom is -0.358 e. The third-order valence-electron chi connectivity index (χ3n) is 5.29. The molecule has 1 aliphatic rings. The van der Waals surface area contributed by atoms with Gasteiger partial charge in [-0.3, -0.25) is 9.59 Å². The molecule has 0 radical (unpaired) electrons. The molecule has 0 unspecified atom stereocenters. The predicted octanol–water partition coefficient (Wildman–Crippen LogP) is 2.30. The Morgan fingerprint density at radius 2 is 1.53 bits per heavy atom. The Morgan fingerprint density at radius 3 is 2.19 bits per heavy atom. The van der Waals surface area contributed by atoms with Crippen LogP contribution in [0.25, 0.3) is 10.9 Å². The first kappa shape index (κ1) is 21.2. The molecule has 1 aliphatic heterocycles. The van der Waals surface area contributed by atoms with Crippen molar-refractivity contribution in [3.63, 3.8) is 0 Å². The number of nitrogens with one attached hydrogen (secondary N) is 1. The first-order chi connectivity index (χ1) is 15.4. The van der Waals surface area contributed by atoms with E-state index in [0.29, 0.717) is 24.5 Å². The third-order valence-corrected chi connectivity index (χ3v) is 5.29. The zero-order chi connectivity index (χ0) is 22.8. The van der Waals surface area contributed by atoms with Gasteiger partial charge in [0.05, 0.1) is 11.1 Å². The van der Waals surface area contributed by atoms with Gasteiger partial charge in [-0.15, -0.1) is 0 Å². The van der Waals surface area contributed by atoms with E-state index in [1.165, 1.54) is 4.90 Å². The maximum atomic E-state index is 14.2. The van der Waals surface area contributed by atoms with Crippen molar-refractivity contribution in [2.24, 2.45) is 10.7 Å². The second-order valence-corrected chi connectivity index (χ2v) is 7.23. The number of hydrogen-bond acceptors (Lipinski definition) is 3. The molecule has 0 atom stereocenters. The molecule has 1 fully saturated rings. The maximum absolute atomic E-state index is 14.2. The average Bonchev–Trinajstić information content (AvgIpc) is 3.26. The minimum atomic E-state index is -0.928. The monoisotopic (exact) mass is 439 g/mol. The number of nitrogens with zero attached hydrogens (tertiary/aromatic N) is 3. The van der Waals surface area contributed by atoms with Crippen LogP contribution >= 0.6 is 0 Å². The summed E-state index contributed by atoms with van der Waals surface area (Å²) in [6, 6.07) is 10.0. The number of carbonyl (C=O) groups is 3. The van der Waals surface area contributed by atoms with E-state index in [9.17, 15) is 23.2 Å². The lowest BCUT2D eigenvalue weighted by Gasteiger charge is -2.36. The summed E-state index contributed by atoms with van der Waals surface area (Å²) in [5.41, 5.74) is 5.56. The van der Waals surface area contributed by atoms with Gasteiger partial charge in [0, 0.05) is 43.3 Å². The van der Waals surface area contributed by atoms with E-state index in [0.717, 1.165) is 18.3 Å². The molecular weight excluding hydrogens is 420 g/mol. The first-order valence-electron chi connectivity index (χ1n) is 9.84. The van der Waals surface area contributed by atoms with Crippen LogP contribution in [0.15, 0.2) is 53.7 Å². The van der Waals surface area contributed by atoms with Crippen molar-refractivity contribution in [1.29, 1.82) is 0 Å². The van der Waals surface area contributed by atoms with Crippen LogP contribution in [0, 0.1) is 11.6 Å². The van der Waals surface area contributed by atoms with Crippen molar-refractivity contribution in [1.82, 2.24) is 14.8 Å². The van der Waals surface area contributed by atoms with Gasteiger partial charge in [-0.05, 0) is 12.1 Å². The first-order valence-corrected chi connectivity index (χ1v) is 9.84. The number of fused-ring (bicyclic) bond motifs is 1. The normalized spacial score (nSPS) is 14.6. The van der Waals surface area contributed by atoms with Gasteiger partial charge in [-0.25, -0.2) is 13.6 Å². The van der Waals surface area contributed by atoms with Crippen LogP contribution in [-0.4, -0.2) is 64.5 Å².